The van der Waals surface area contributed by atoms with Crippen LogP contribution in [-0.4, -0.2) is 29.4 Å². The predicted octanol–water partition coefficient (Wildman–Crippen LogP) is 1.82. The number of hydrogen-bond donors (Lipinski definition) is 2. The number of carbonyl (C=O) groups excluding carboxylic acids is 1. The molecule has 0 saturated carbocycles. The Morgan fingerprint density at radius 3 is 2.76 bits per heavy atom. The van der Waals surface area contributed by atoms with Crippen molar-refractivity contribution < 1.29 is 14.6 Å². The van der Waals surface area contributed by atoms with Crippen molar-refractivity contribution in [3.63, 3.8) is 0 Å². The lowest BCUT2D eigenvalue weighted by atomic mass is 9.92. The maximum atomic E-state index is 11.6. The number of ether oxygens (including phenoxy) is 1. The molecule has 0 aromatic rings. The minimum Gasteiger partial charge on any atom is -0.368 e. The van der Waals surface area contributed by atoms with E-state index in [1.165, 1.54) is 0 Å². The van der Waals surface area contributed by atoms with Crippen molar-refractivity contribution in [3.05, 3.63) is 0 Å². The normalized spacial score (nSPS) is 24.7. The van der Waals surface area contributed by atoms with Crippen molar-refractivity contribution in [3.8, 4) is 0 Å². The average Bonchev–Trinajstić information content (AvgIpc) is 2.47. The van der Waals surface area contributed by atoms with Gasteiger partial charge in [-0.3, -0.25) is 4.79 Å². The highest BCUT2D eigenvalue weighted by Gasteiger charge is 2.36. The number of aliphatic hydroxyl groups excluding tert-OH is 1. The van der Waals surface area contributed by atoms with Gasteiger partial charge in [-0.15, -0.1) is 0 Å². The minimum absolute atomic E-state index is 0.0490. The van der Waals surface area contributed by atoms with Gasteiger partial charge in [-0.25, -0.2) is 0 Å². The number of carbonyl (C=O) groups is 1. The van der Waals surface area contributed by atoms with Gasteiger partial charge in [-0.2, -0.15) is 0 Å². The molecule has 0 aromatic heterocycles. The molecule has 1 heterocycles. The van der Waals surface area contributed by atoms with Crippen LogP contribution in [0.3, 0.4) is 0 Å². The Hall–Kier alpha value is -0.610. The lowest BCUT2D eigenvalue weighted by Crippen LogP contribution is -2.34. The van der Waals surface area contributed by atoms with Crippen LogP contribution < -0.4 is 5.32 Å². The molecule has 0 aliphatic carbocycles. The summed E-state index contributed by atoms with van der Waals surface area (Å²) < 4.78 is 5.04. The van der Waals surface area contributed by atoms with E-state index in [0.717, 1.165) is 25.7 Å². The Morgan fingerprint density at radius 2 is 2.24 bits per heavy atom. The predicted molar refractivity (Wildman–Crippen MR) is 66.4 cm³/mol. The van der Waals surface area contributed by atoms with Gasteiger partial charge in [0.15, 0.2) is 6.29 Å². The first-order valence-corrected chi connectivity index (χ1v) is 6.56. The number of aliphatic hydroxyl groups is 1. The highest BCUT2D eigenvalue weighted by atomic mass is 16.6. The first-order chi connectivity index (χ1) is 7.94. The van der Waals surface area contributed by atoms with E-state index in [0.29, 0.717) is 13.0 Å². The van der Waals surface area contributed by atoms with E-state index in [4.69, 9.17) is 4.74 Å². The Bertz CT molecular complexity index is 253. The number of nitrogens with one attached hydrogen (secondary N) is 1. The SMILES string of the molecule is CCOC(O)CCCCC1CC(C)(C)NC1=O. The number of rotatable bonds is 7. The summed E-state index contributed by atoms with van der Waals surface area (Å²) in [6.07, 6.45) is 3.72. The van der Waals surface area contributed by atoms with E-state index >= 15 is 0 Å². The molecule has 0 bridgehead atoms. The molecule has 1 aliphatic heterocycles. The van der Waals surface area contributed by atoms with Crippen molar-refractivity contribution >= 4 is 5.91 Å². The molecule has 17 heavy (non-hydrogen) atoms. The van der Waals surface area contributed by atoms with E-state index in [-0.39, 0.29) is 17.4 Å². The summed E-state index contributed by atoms with van der Waals surface area (Å²) in [5, 5.41) is 12.4. The van der Waals surface area contributed by atoms with Crippen LogP contribution in [0.5, 0.6) is 0 Å². The molecule has 1 amide bonds. The Balaban J connectivity index is 2.13. The van der Waals surface area contributed by atoms with Crippen LogP contribution in [0, 0.1) is 5.92 Å². The molecule has 0 spiro atoms. The third kappa shape index (κ3) is 5.04. The first-order valence-electron chi connectivity index (χ1n) is 6.56. The fraction of sp³-hybridized carbons (Fsp3) is 0.923. The second-order valence-corrected chi connectivity index (χ2v) is 5.47. The number of hydrogen-bond acceptors (Lipinski definition) is 3. The van der Waals surface area contributed by atoms with Gasteiger partial charge in [0.2, 0.25) is 5.91 Å². The van der Waals surface area contributed by atoms with Crippen molar-refractivity contribution in [1.82, 2.24) is 5.32 Å². The topological polar surface area (TPSA) is 58.6 Å². The zero-order valence-electron chi connectivity index (χ0n) is 11.2. The Morgan fingerprint density at radius 1 is 1.53 bits per heavy atom. The van der Waals surface area contributed by atoms with E-state index < -0.39 is 6.29 Å². The molecule has 1 rings (SSSR count). The van der Waals surface area contributed by atoms with Crippen LogP contribution in [0.2, 0.25) is 0 Å². The monoisotopic (exact) mass is 243 g/mol. The molecule has 1 aliphatic rings. The van der Waals surface area contributed by atoms with Gasteiger partial charge < -0.3 is 15.2 Å². The molecular formula is C13H25NO3. The Labute approximate surface area is 104 Å². The quantitative estimate of drug-likeness (QED) is 0.529. The van der Waals surface area contributed by atoms with Crippen molar-refractivity contribution in [2.45, 2.75) is 64.7 Å². The second-order valence-electron chi connectivity index (χ2n) is 5.47. The molecule has 1 fully saturated rings. The average molecular weight is 243 g/mol. The van der Waals surface area contributed by atoms with Crippen LogP contribution in [0.15, 0.2) is 0 Å². The summed E-state index contributed by atoms with van der Waals surface area (Å²) >= 11 is 0. The molecule has 2 atom stereocenters. The van der Waals surface area contributed by atoms with Crippen LogP contribution in [-0.2, 0) is 9.53 Å². The standard InChI is InChI=1S/C13H25NO3/c1-4-17-11(15)8-6-5-7-10-9-13(2,3)14-12(10)16/h10-11,15H,4-9H2,1-3H3,(H,14,16). The molecule has 4 nitrogen and oxygen atoms in total. The van der Waals surface area contributed by atoms with Crippen molar-refractivity contribution in [2.75, 3.05) is 6.61 Å². The summed E-state index contributed by atoms with van der Waals surface area (Å²) in [6, 6.07) is 0. The molecule has 100 valence electrons. The highest BCUT2D eigenvalue weighted by molar-refractivity contribution is 5.81. The van der Waals surface area contributed by atoms with E-state index in [1.807, 2.05) is 6.92 Å². The van der Waals surface area contributed by atoms with Crippen LogP contribution in [0.25, 0.3) is 0 Å². The number of unbranched alkanes of at least 4 members (excludes halogenated alkanes) is 1. The molecule has 1 saturated heterocycles. The molecular weight excluding hydrogens is 218 g/mol. The Kier molecular flexibility index (Phi) is 5.40. The van der Waals surface area contributed by atoms with Gasteiger partial charge in [0.1, 0.15) is 0 Å². The van der Waals surface area contributed by atoms with Crippen LogP contribution in [0.1, 0.15) is 52.9 Å². The summed E-state index contributed by atoms with van der Waals surface area (Å²) in [6.45, 7) is 6.53. The lowest BCUT2D eigenvalue weighted by Gasteiger charge is -2.16. The van der Waals surface area contributed by atoms with Gasteiger partial charge in [0.05, 0.1) is 0 Å². The maximum Gasteiger partial charge on any atom is 0.223 e. The smallest absolute Gasteiger partial charge is 0.223 e. The summed E-state index contributed by atoms with van der Waals surface area (Å²) in [7, 11) is 0. The van der Waals surface area contributed by atoms with Crippen LogP contribution >= 0.6 is 0 Å². The first kappa shape index (κ1) is 14.5. The van der Waals surface area contributed by atoms with Gasteiger partial charge >= 0.3 is 0 Å². The summed E-state index contributed by atoms with van der Waals surface area (Å²) in [5.74, 6) is 0.328. The zero-order valence-corrected chi connectivity index (χ0v) is 11.2. The fourth-order valence-corrected chi connectivity index (χ4v) is 2.41. The molecule has 0 radical (unpaired) electrons. The summed E-state index contributed by atoms with van der Waals surface area (Å²) in [4.78, 5) is 11.6. The maximum absolute atomic E-state index is 11.6. The molecule has 0 aromatic carbocycles. The summed E-state index contributed by atoms with van der Waals surface area (Å²) in [5.41, 5.74) is -0.0490. The zero-order chi connectivity index (χ0) is 12.9. The van der Waals surface area contributed by atoms with E-state index in [9.17, 15) is 9.90 Å². The van der Waals surface area contributed by atoms with Gasteiger partial charge in [0.25, 0.3) is 0 Å². The third-order valence-electron chi connectivity index (χ3n) is 3.20. The fourth-order valence-electron chi connectivity index (χ4n) is 2.41. The van der Waals surface area contributed by atoms with Crippen molar-refractivity contribution in [1.29, 1.82) is 0 Å². The lowest BCUT2D eigenvalue weighted by molar-refractivity contribution is -0.123. The van der Waals surface area contributed by atoms with Gasteiger partial charge in [0, 0.05) is 18.1 Å². The minimum atomic E-state index is -0.645. The van der Waals surface area contributed by atoms with Gasteiger partial charge in [-0.1, -0.05) is 6.42 Å². The number of amides is 1. The van der Waals surface area contributed by atoms with Gasteiger partial charge in [-0.05, 0) is 46.5 Å². The highest BCUT2D eigenvalue weighted by Crippen LogP contribution is 2.28. The largest absolute Gasteiger partial charge is 0.368 e. The molecule has 2 N–H and O–H groups in total. The van der Waals surface area contributed by atoms with Crippen LogP contribution in [0.4, 0.5) is 0 Å². The van der Waals surface area contributed by atoms with E-state index in [2.05, 4.69) is 19.2 Å². The van der Waals surface area contributed by atoms with E-state index in [1.54, 1.807) is 0 Å². The second kappa shape index (κ2) is 6.36. The molecule has 2 unspecified atom stereocenters. The van der Waals surface area contributed by atoms with Crippen molar-refractivity contribution in [2.24, 2.45) is 5.92 Å². The molecule has 4 heteroatoms. The third-order valence-corrected chi connectivity index (χ3v) is 3.20.